The molecule has 2 atom stereocenters. The van der Waals surface area contributed by atoms with Crippen LogP contribution in [0.3, 0.4) is 0 Å². The first-order valence-electron chi connectivity index (χ1n) is 10.3. The molecule has 1 saturated heterocycles. The minimum absolute atomic E-state index is 0.211. The number of fused-ring (bicyclic) bond motifs is 1. The number of aromatic nitrogens is 2. The zero-order chi connectivity index (χ0) is 22.9. The van der Waals surface area contributed by atoms with Gasteiger partial charge in [0, 0.05) is 18.7 Å². The summed E-state index contributed by atoms with van der Waals surface area (Å²) < 4.78 is 17.6. The number of likely N-dealkylation sites (tertiary alicyclic amines) is 1. The Bertz CT molecular complexity index is 1130. The summed E-state index contributed by atoms with van der Waals surface area (Å²) in [6.07, 6.45) is 1.05. The van der Waals surface area contributed by atoms with Crippen molar-refractivity contribution in [3.63, 3.8) is 0 Å². The highest BCUT2D eigenvalue weighted by molar-refractivity contribution is 7.17. The molecule has 0 unspecified atom stereocenters. The van der Waals surface area contributed by atoms with Gasteiger partial charge in [-0.3, -0.25) is 9.88 Å². The first-order chi connectivity index (χ1) is 15.2. The van der Waals surface area contributed by atoms with E-state index in [0.29, 0.717) is 17.9 Å². The van der Waals surface area contributed by atoms with E-state index in [1.165, 1.54) is 23.3 Å². The van der Waals surface area contributed by atoms with Crippen LogP contribution < -0.4 is 4.74 Å². The quantitative estimate of drug-likeness (QED) is 0.542. The number of amides is 1. The minimum atomic E-state index is -0.768. The topological polar surface area (TPSA) is 90.9 Å². The van der Waals surface area contributed by atoms with Gasteiger partial charge < -0.3 is 14.2 Å². The van der Waals surface area contributed by atoms with Crippen molar-refractivity contribution in [2.75, 3.05) is 13.7 Å². The van der Waals surface area contributed by atoms with Gasteiger partial charge in [-0.1, -0.05) is 6.07 Å². The number of rotatable bonds is 4. The Morgan fingerprint density at radius 2 is 2.00 bits per heavy atom. The van der Waals surface area contributed by atoms with Crippen molar-refractivity contribution in [3.05, 3.63) is 41.9 Å². The third kappa shape index (κ3) is 4.67. The van der Waals surface area contributed by atoms with E-state index in [4.69, 9.17) is 14.2 Å². The van der Waals surface area contributed by atoms with Crippen molar-refractivity contribution in [2.45, 2.75) is 44.9 Å². The van der Waals surface area contributed by atoms with Crippen LogP contribution in [0.15, 0.2) is 41.9 Å². The summed E-state index contributed by atoms with van der Waals surface area (Å²) in [7, 11) is 1.31. The van der Waals surface area contributed by atoms with Crippen LogP contribution >= 0.6 is 11.3 Å². The fourth-order valence-corrected chi connectivity index (χ4v) is 4.39. The Balaban J connectivity index is 1.62. The van der Waals surface area contributed by atoms with Crippen molar-refractivity contribution in [1.82, 2.24) is 14.9 Å². The molecule has 4 heterocycles. The van der Waals surface area contributed by atoms with Crippen molar-refractivity contribution in [1.29, 1.82) is 0 Å². The lowest BCUT2D eigenvalue weighted by Crippen LogP contribution is -2.44. The van der Waals surface area contributed by atoms with E-state index < -0.39 is 29.8 Å². The molecule has 0 saturated carbocycles. The molecule has 1 amide bonds. The molecule has 32 heavy (non-hydrogen) atoms. The Morgan fingerprint density at radius 1 is 1.19 bits per heavy atom. The molecule has 3 aromatic heterocycles. The molecule has 0 radical (unpaired) electrons. The van der Waals surface area contributed by atoms with Gasteiger partial charge in [0.05, 0.1) is 35.3 Å². The zero-order valence-electron chi connectivity index (χ0n) is 18.4. The molecular formula is C23H25N3O5S. The minimum Gasteiger partial charge on any atom is -0.487 e. The largest absolute Gasteiger partial charge is 0.487 e. The number of nitrogens with zero attached hydrogens (tertiary/aromatic N) is 3. The van der Waals surface area contributed by atoms with Crippen LogP contribution in [0.5, 0.6) is 5.75 Å². The van der Waals surface area contributed by atoms with E-state index in [1.54, 1.807) is 27.0 Å². The first kappa shape index (κ1) is 22.0. The maximum absolute atomic E-state index is 12.7. The van der Waals surface area contributed by atoms with Crippen molar-refractivity contribution < 1.29 is 23.8 Å². The van der Waals surface area contributed by atoms with Gasteiger partial charge in [-0.2, -0.15) is 0 Å². The maximum atomic E-state index is 12.7. The molecule has 1 aliphatic heterocycles. The molecule has 1 aliphatic rings. The number of carbonyl (C=O) groups is 2. The van der Waals surface area contributed by atoms with E-state index in [9.17, 15) is 9.59 Å². The number of ether oxygens (including phenoxy) is 3. The average molecular weight is 456 g/mol. The predicted molar refractivity (Wildman–Crippen MR) is 121 cm³/mol. The summed E-state index contributed by atoms with van der Waals surface area (Å²) in [6.45, 7) is 5.56. The van der Waals surface area contributed by atoms with Gasteiger partial charge >= 0.3 is 12.1 Å². The van der Waals surface area contributed by atoms with Gasteiger partial charge in [-0.15, -0.1) is 11.3 Å². The number of hydrogen-bond donors (Lipinski definition) is 0. The maximum Gasteiger partial charge on any atom is 0.411 e. The number of pyridine rings is 2. The molecule has 4 rings (SSSR count). The fraction of sp³-hybridized carbons (Fsp3) is 0.391. The highest BCUT2D eigenvalue weighted by Crippen LogP contribution is 2.35. The Labute approximate surface area is 190 Å². The predicted octanol–water partition coefficient (Wildman–Crippen LogP) is 4.29. The standard InChI is InChI=1S/C23H25N3O5S/c1-23(2,3)31-22(28)26-13-14(11-18(26)21(27)29-4)30-19-12-17(15-7-5-6-9-24-15)25-16-8-10-32-20(16)19/h5-10,12,14,18H,11,13H2,1-4H3/t14-,18+/m1/s1. The van der Waals surface area contributed by atoms with E-state index >= 15 is 0 Å². The molecule has 3 aromatic rings. The van der Waals surface area contributed by atoms with Gasteiger partial charge in [0.15, 0.2) is 0 Å². The lowest BCUT2D eigenvalue weighted by molar-refractivity contribution is -0.145. The molecule has 0 aliphatic carbocycles. The summed E-state index contributed by atoms with van der Waals surface area (Å²) >= 11 is 1.52. The smallest absolute Gasteiger partial charge is 0.411 e. The van der Waals surface area contributed by atoms with Crippen LogP contribution in [0.1, 0.15) is 27.2 Å². The van der Waals surface area contributed by atoms with Crippen molar-refractivity contribution >= 4 is 33.6 Å². The Hall–Kier alpha value is -3.20. The molecule has 168 valence electrons. The van der Waals surface area contributed by atoms with E-state index in [2.05, 4.69) is 9.97 Å². The monoisotopic (exact) mass is 455 g/mol. The summed E-state index contributed by atoms with van der Waals surface area (Å²) in [5, 5.41) is 1.95. The number of thiophene rings is 1. The lowest BCUT2D eigenvalue weighted by atomic mass is 10.2. The molecular weight excluding hydrogens is 430 g/mol. The van der Waals surface area contributed by atoms with E-state index in [0.717, 1.165) is 15.9 Å². The van der Waals surface area contributed by atoms with E-state index in [1.807, 2.05) is 35.7 Å². The van der Waals surface area contributed by atoms with Gasteiger partial charge in [0.25, 0.3) is 0 Å². The van der Waals surface area contributed by atoms with Gasteiger partial charge in [0.2, 0.25) is 0 Å². The van der Waals surface area contributed by atoms with Crippen LogP contribution in [0.25, 0.3) is 21.6 Å². The normalized spacial score (nSPS) is 18.6. The summed E-state index contributed by atoms with van der Waals surface area (Å²) in [5.41, 5.74) is 1.56. The molecule has 0 aromatic carbocycles. The van der Waals surface area contributed by atoms with Crippen LogP contribution in [-0.2, 0) is 14.3 Å². The summed E-state index contributed by atoms with van der Waals surface area (Å²) in [5.74, 6) is 0.150. The highest BCUT2D eigenvalue weighted by atomic mass is 32.1. The molecule has 0 N–H and O–H groups in total. The zero-order valence-corrected chi connectivity index (χ0v) is 19.2. The first-order valence-corrected chi connectivity index (χ1v) is 11.2. The van der Waals surface area contributed by atoms with Gasteiger partial charge in [-0.05, 0) is 44.4 Å². The number of esters is 1. The second kappa shape index (κ2) is 8.74. The molecule has 8 nitrogen and oxygen atoms in total. The third-order valence-electron chi connectivity index (χ3n) is 4.96. The Morgan fingerprint density at radius 3 is 2.69 bits per heavy atom. The third-order valence-corrected chi connectivity index (χ3v) is 5.88. The van der Waals surface area contributed by atoms with Crippen molar-refractivity contribution in [3.8, 4) is 17.1 Å². The van der Waals surface area contributed by atoms with E-state index in [-0.39, 0.29) is 6.54 Å². The molecule has 9 heteroatoms. The van der Waals surface area contributed by atoms with Crippen LogP contribution in [0, 0.1) is 0 Å². The van der Waals surface area contributed by atoms with Crippen LogP contribution in [0.4, 0.5) is 4.79 Å². The fourth-order valence-electron chi connectivity index (χ4n) is 3.60. The SMILES string of the molecule is COC(=O)[C@@H]1C[C@@H](Oc2cc(-c3ccccn3)nc3ccsc23)CN1C(=O)OC(C)(C)C. The average Bonchev–Trinajstić information content (AvgIpc) is 3.40. The van der Waals surface area contributed by atoms with Crippen molar-refractivity contribution in [2.24, 2.45) is 0 Å². The lowest BCUT2D eigenvalue weighted by Gasteiger charge is -2.27. The second-order valence-corrected chi connectivity index (χ2v) is 9.42. The summed E-state index contributed by atoms with van der Waals surface area (Å²) in [6, 6.07) is 8.65. The number of carbonyl (C=O) groups excluding carboxylic acids is 2. The highest BCUT2D eigenvalue weighted by Gasteiger charge is 2.43. The number of hydrogen-bond acceptors (Lipinski definition) is 8. The van der Waals surface area contributed by atoms with Crippen LogP contribution in [0.2, 0.25) is 0 Å². The van der Waals surface area contributed by atoms with Crippen LogP contribution in [-0.4, -0.2) is 58.3 Å². The molecule has 0 bridgehead atoms. The number of methoxy groups -OCH3 is 1. The van der Waals surface area contributed by atoms with Gasteiger partial charge in [-0.25, -0.2) is 14.6 Å². The summed E-state index contributed by atoms with van der Waals surface area (Å²) in [4.78, 5) is 35.5. The second-order valence-electron chi connectivity index (χ2n) is 8.50. The molecule has 0 spiro atoms. The Kier molecular flexibility index (Phi) is 6.01. The molecule has 1 fully saturated rings. The van der Waals surface area contributed by atoms with Gasteiger partial charge in [0.1, 0.15) is 23.5 Å².